The standard InChI is InChI=1S/C19H20N2O3/c1-3-24-18-11-6-16(7-12-18)14-20-21-19(22)13-8-15-4-9-17(23-2)10-5-15/h4-14H,3H2,1-2H3,(H,21,22). The van der Waals surface area contributed by atoms with Crippen LogP contribution in [-0.2, 0) is 4.79 Å². The lowest BCUT2D eigenvalue weighted by atomic mass is 10.2. The largest absolute Gasteiger partial charge is 0.497 e. The third kappa shape index (κ3) is 5.61. The van der Waals surface area contributed by atoms with Crippen molar-refractivity contribution in [3.05, 3.63) is 65.7 Å². The van der Waals surface area contributed by atoms with E-state index in [1.54, 1.807) is 19.4 Å². The van der Waals surface area contributed by atoms with E-state index >= 15 is 0 Å². The van der Waals surface area contributed by atoms with Crippen molar-refractivity contribution in [2.24, 2.45) is 5.10 Å². The molecule has 2 aromatic carbocycles. The summed E-state index contributed by atoms with van der Waals surface area (Å²) in [6.45, 7) is 2.56. The molecule has 0 atom stereocenters. The Morgan fingerprint density at radius 2 is 1.67 bits per heavy atom. The van der Waals surface area contributed by atoms with Crippen LogP contribution in [0.5, 0.6) is 11.5 Å². The lowest BCUT2D eigenvalue weighted by Gasteiger charge is -2.02. The molecule has 5 heteroatoms. The van der Waals surface area contributed by atoms with Gasteiger partial charge in [-0.1, -0.05) is 12.1 Å². The van der Waals surface area contributed by atoms with E-state index < -0.39 is 0 Å². The minimum Gasteiger partial charge on any atom is -0.497 e. The van der Waals surface area contributed by atoms with Gasteiger partial charge < -0.3 is 9.47 Å². The summed E-state index contributed by atoms with van der Waals surface area (Å²) in [6, 6.07) is 14.9. The summed E-state index contributed by atoms with van der Waals surface area (Å²) in [4.78, 5) is 11.7. The minimum absolute atomic E-state index is 0.298. The van der Waals surface area contributed by atoms with Gasteiger partial charge in [0, 0.05) is 6.08 Å². The second-order valence-corrected chi connectivity index (χ2v) is 4.84. The van der Waals surface area contributed by atoms with Crippen molar-refractivity contribution >= 4 is 18.2 Å². The number of ether oxygens (including phenoxy) is 2. The number of nitrogens with one attached hydrogen (secondary N) is 1. The molecule has 24 heavy (non-hydrogen) atoms. The summed E-state index contributed by atoms with van der Waals surface area (Å²) in [7, 11) is 1.61. The Bertz CT molecular complexity index is 704. The fraction of sp³-hybridized carbons (Fsp3) is 0.158. The molecule has 1 amide bonds. The van der Waals surface area contributed by atoms with Crippen molar-refractivity contribution in [3.63, 3.8) is 0 Å². The van der Waals surface area contributed by atoms with Gasteiger partial charge >= 0.3 is 0 Å². The maximum atomic E-state index is 11.7. The monoisotopic (exact) mass is 324 g/mol. The number of rotatable bonds is 7. The van der Waals surface area contributed by atoms with E-state index in [2.05, 4.69) is 10.5 Å². The van der Waals surface area contributed by atoms with Crippen LogP contribution < -0.4 is 14.9 Å². The average molecular weight is 324 g/mol. The summed E-state index contributed by atoms with van der Waals surface area (Å²) in [5, 5.41) is 3.92. The van der Waals surface area contributed by atoms with E-state index in [1.807, 2.05) is 55.5 Å². The molecule has 5 nitrogen and oxygen atoms in total. The molecule has 0 bridgehead atoms. The lowest BCUT2D eigenvalue weighted by Crippen LogP contribution is -2.14. The Balaban J connectivity index is 1.84. The van der Waals surface area contributed by atoms with E-state index in [0.717, 1.165) is 22.6 Å². The number of hydrogen-bond acceptors (Lipinski definition) is 4. The Hall–Kier alpha value is -3.08. The number of hydrogen-bond donors (Lipinski definition) is 1. The molecule has 0 radical (unpaired) electrons. The van der Waals surface area contributed by atoms with E-state index in [9.17, 15) is 4.79 Å². The van der Waals surface area contributed by atoms with Crippen LogP contribution in [0.1, 0.15) is 18.1 Å². The summed E-state index contributed by atoms with van der Waals surface area (Å²) < 4.78 is 10.4. The van der Waals surface area contributed by atoms with Crippen LogP contribution >= 0.6 is 0 Å². The fourth-order valence-corrected chi connectivity index (χ4v) is 1.91. The molecule has 0 aliphatic heterocycles. The SMILES string of the molecule is CCOc1ccc(C=NNC(=O)C=Cc2ccc(OC)cc2)cc1. The first kappa shape index (κ1) is 17.3. The first-order valence-corrected chi connectivity index (χ1v) is 7.59. The molecule has 0 aliphatic rings. The molecular weight excluding hydrogens is 304 g/mol. The Kier molecular flexibility index (Phi) is 6.58. The zero-order chi connectivity index (χ0) is 17.2. The Morgan fingerprint density at radius 1 is 1.04 bits per heavy atom. The maximum Gasteiger partial charge on any atom is 0.264 e. The van der Waals surface area contributed by atoms with E-state index in [4.69, 9.17) is 9.47 Å². The van der Waals surface area contributed by atoms with Crippen molar-refractivity contribution in [3.8, 4) is 11.5 Å². The van der Waals surface area contributed by atoms with Crippen LogP contribution in [0, 0.1) is 0 Å². The molecule has 0 saturated carbocycles. The molecule has 1 N–H and O–H groups in total. The molecule has 2 rings (SSSR count). The van der Waals surface area contributed by atoms with Gasteiger partial charge in [0.25, 0.3) is 5.91 Å². The van der Waals surface area contributed by atoms with Crippen molar-refractivity contribution in [2.75, 3.05) is 13.7 Å². The van der Waals surface area contributed by atoms with Gasteiger partial charge in [0.05, 0.1) is 19.9 Å². The summed E-state index contributed by atoms with van der Waals surface area (Å²) in [6.07, 6.45) is 4.72. The smallest absolute Gasteiger partial charge is 0.264 e. The molecule has 0 fully saturated rings. The second kappa shape index (κ2) is 9.15. The zero-order valence-electron chi connectivity index (χ0n) is 13.7. The number of hydrazone groups is 1. The van der Waals surface area contributed by atoms with Crippen LogP contribution in [0.3, 0.4) is 0 Å². The molecule has 124 valence electrons. The van der Waals surface area contributed by atoms with Crippen LogP contribution in [0.15, 0.2) is 59.7 Å². The quantitative estimate of drug-likeness (QED) is 0.483. The predicted molar refractivity (Wildman–Crippen MR) is 95.4 cm³/mol. The van der Waals surface area contributed by atoms with Gasteiger partial charge in [0.2, 0.25) is 0 Å². The maximum absolute atomic E-state index is 11.7. The highest BCUT2D eigenvalue weighted by Gasteiger charge is 1.95. The topological polar surface area (TPSA) is 59.9 Å². The van der Waals surface area contributed by atoms with Gasteiger partial charge in [-0.3, -0.25) is 4.79 Å². The van der Waals surface area contributed by atoms with E-state index in [1.165, 1.54) is 6.08 Å². The summed E-state index contributed by atoms with van der Waals surface area (Å²) >= 11 is 0. The van der Waals surface area contributed by atoms with Gasteiger partial charge in [0.1, 0.15) is 11.5 Å². The van der Waals surface area contributed by atoms with Crippen molar-refractivity contribution in [1.29, 1.82) is 0 Å². The third-order valence-corrected chi connectivity index (χ3v) is 3.12. The number of carbonyl (C=O) groups is 1. The molecule has 0 heterocycles. The summed E-state index contributed by atoms with van der Waals surface area (Å²) in [5.41, 5.74) is 4.23. The normalized spacial score (nSPS) is 10.9. The first-order chi connectivity index (χ1) is 11.7. The van der Waals surface area contributed by atoms with Gasteiger partial charge in [0.15, 0.2) is 0 Å². The van der Waals surface area contributed by atoms with Crippen LogP contribution in [0.25, 0.3) is 6.08 Å². The number of methoxy groups -OCH3 is 1. The number of benzene rings is 2. The Morgan fingerprint density at radius 3 is 2.29 bits per heavy atom. The molecule has 0 unspecified atom stereocenters. The Labute approximate surface area is 141 Å². The van der Waals surface area contributed by atoms with Crippen LogP contribution in [0.2, 0.25) is 0 Å². The van der Waals surface area contributed by atoms with Gasteiger partial charge in [-0.25, -0.2) is 5.43 Å². The van der Waals surface area contributed by atoms with Crippen LogP contribution in [-0.4, -0.2) is 25.8 Å². The molecule has 0 spiro atoms. The molecule has 2 aromatic rings. The van der Waals surface area contributed by atoms with E-state index in [-0.39, 0.29) is 5.91 Å². The number of carbonyl (C=O) groups excluding carboxylic acids is 1. The first-order valence-electron chi connectivity index (χ1n) is 7.59. The zero-order valence-corrected chi connectivity index (χ0v) is 13.7. The fourth-order valence-electron chi connectivity index (χ4n) is 1.91. The molecule has 0 aliphatic carbocycles. The van der Waals surface area contributed by atoms with Gasteiger partial charge in [-0.2, -0.15) is 5.10 Å². The molecule has 0 saturated heterocycles. The minimum atomic E-state index is -0.298. The van der Waals surface area contributed by atoms with Gasteiger partial charge in [-0.15, -0.1) is 0 Å². The number of nitrogens with zero attached hydrogens (tertiary/aromatic N) is 1. The third-order valence-electron chi connectivity index (χ3n) is 3.12. The predicted octanol–water partition coefficient (Wildman–Crippen LogP) is 3.26. The van der Waals surface area contributed by atoms with Crippen molar-refractivity contribution < 1.29 is 14.3 Å². The van der Waals surface area contributed by atoms with Crippen LogP contribution in [0.4, 0.5) is 0 Å². The highest BCUT2D eigenvalue weighted by Crippen LogP contribution is 2.12. The highest BCUT2D eigenvalue weighted by atomic mass is 16.5. The summed E-state index contributed by atoms with van der Waals surface area (Å²) in [5.74, 6) is 1.28. The van der Waals surface area contributed by atoms with E-state index in [0.29, 0.717) is 6.61 Å². The number of amides is 1. The van der Waals surface area contributed by atoms with Crippen molar-refractivity contribution in [2.45, 2.75) is 6.92 Å². The lowest BCUT2D eigenvalue weighted by molar-refractivity contribution is -0.116. The average Bonchev–Trinajstić information content (AvgIpc) is 2.62. The highest BCUT2D eigenvalue weighted by molar-refractivity contribution is 5.92. The molecule has 0 aromatic heterocycles. The molecular formula is C19H20N2O3. The van der Waals surface area contributed by atoms with Crippen molar-refractivity contribution in [1.82, 2.24) is 5.43 Å². The second-order valence-electron chi connectivity index (χ2n) is 4.84. The van der Waals surface area contributed by atoms with Gasteiger partial charge in [-0.05, 0) is 60.5 Å².